The van der Waals surface area contributed by atoms with Crippen LogP contribution >= 0.6 is 0 Å². The number of hydrogen-bond donors (Lipinski definition) is 1. The Morgan fingerprint density at radius 2 is 1.79 bits per heavy atom. The van der Waals surface area contributed by atoms with Crippen molar-refractivity contribution >= 4 is 37.5 Å². The first-order valence-electron chi connectivity index (χ1n) is 21.0. The van der Waals surface area contributed by atoms with E-state index in [0.29, 0.717) is 78.1 Å². The Morgan fingerprint density at radius 3 is 2.57 bits per heavy atom. The Morgan fingerprint density at radius 1 is 0.967 bits per heavy atom. The molecule has 312 valence electrons. The average molecular weight is 844 g/mol. The van der Waals surface area contributed by atoms with Crippen molar-refractivity contribution < 1.29 is 26.7 Å². The van der Waals surface area contributed by atoms with Crippen LogP contribution in [0.25, 0.3) is 32.9 Å². The highest BCUT2D eigenvalue weighted by molar-refractivity contribution is 7.89. The lowest BCUT2D eigenvalue weighted by Crippen LogP contribution is -2.51. The fourth-order valence-corrected chi connectivity index (χ4v) is 11.0. The van der Waals surface area contributed by atoms with E-state index < -0.39 is 21.7 Å². The Hall–Kier alpha value is -5.60. The fourth-order valence-electron chi connectivity index (χ4n) is 9.94. The van der Waals surface area contributed by atoms with Crippen LogP contribution in [0.3, 0.4) is 0 Å². The van der Waals surface area contributed by atoms with Gasteiger partial charge in [0, 0.05) is 54.8 Å². The third-order valence-corrected chi connectivity index (χ3v) is 14.7. The second-order valence-electron chi connectivity index (χ2n) is 17.1. The Kier molecular flexibility index (Phi) is 9.30. The second kappa shape index (κ2) is 14.8. The predicted molar refractivity (Wildman–Crippen MR) is 224 cm³/mol. The molecule has 3 aromatic carbocycles. The maximum absolute atomic E-state index is 17.1. The number of benzene rings is 3. The van der Waals surface area contributed by atoms with E-state index in [2.05, 4.69) is 36.1 Å². The summed E-state index contributed by atoms with van der Waals surface area (Å²) in [5, 5.41) is 9.43. The molecule has 3 aromatic heterocycles. The monoisotopic (exact) mass is 843 g/mol. The third-order valence-electron chi connectivity index (χ3n) is 13.2. The molecule has 7 heterocycles. The first kappa shape index (κ1) is 38.3. The molecule has 2 bridgehead atoms. The molecule has 4 saturated heterocycles. The van der Waals surface area contributed by atoms with Gasteiger partial charge in [-0.3, -0.25) is 9.88 Å². The Balaban J connectivity index is 0.848. The van der Waals surface area contributed by atoms with E-state index in [-0.39, 0.29) is 51.8 Å². The summed E-state index contributed by atoms with van der Waals surface area (Å²) in [5.41, 5.74) is 1.04. The summed E-state index contributed by atoms with van der Waals surface area (Å²) in [6, 6.07) is 15.6. The molecular formula is C45H43F2N9O4S. The van der Waals surface area contributed by atoms with Crippen LogP contribution in [0.2, 0.25) is 0 Å². The molecule has 6 aromatic rings. The standard InChI is InChI=1S/C45H43F2N9O4S/c1-2-34-37(46)16-11-28-5-3-6-35(38(28)34)40-39(47)41-36(20-48-40)43(54-21-30-12-13-31(22-54)50-30)52-44(51-41)60-25-45-17-4-18-55(45)23-32(19-45)59-24-27-7-14-33(15-8-27)61(57,58)56-26-49-42(53-56)29-9-10-29/h1,3,5-8,11,14-16,20,26,29-32,50H,4,9-10,12-13,17-19,21-25H2/t30-,31+,32-,45+/m1/s1. The van der Waals surface area contributed by atoms with Crippen LogP contribution in [0.4, 0.5) is 14.6 Å². The summed E-state index contributed by atoms with van der Waals surface area (Å²) in [6.07, 6.45) is 15.3. The molecule has 0 radical (unpaired) electrons. The molecule has 11 rings (SSSR count). The number of aromatic nitrogens is 6. The molecule has 5 fully saturated rings. The van der Waals surface area contributed by atoms with Crippen LogP contribution in [0, 0.1) is 24.0 Å². The number of anilines is 1. The van der Waals surface area contributed by atoms with Crippen molar-refractivity contribution in [2.24, 2.45) is 0 Å². The van der Waals surface area contributed by atoms with Crippen LogP contribution in [0.1, 0.15) is 67.8 Å². The minimum Gasteiger partial charge on any atom is -0.461 e. The SMILES string of the molecule is C#Cc1c(F)ccc2cccc(-c3ncc4c(N5C[C@H]6CC[C@@H](C5)N6)nc(OC[C@@]56CCCN5C[C@H](OCc5ccc(S(=O)(=O)n7cnc(C8CC8)n7)cc5)C6)nc4c3F)c12. The van der Waals surface area contributed by atoms with Gasteiger partial charge in [0.1, 0.15) is 35.8 Å². The summed E-state index contributed by atoms with van der Waals surface area (Å²) in [6.45, 7) is 3.62. The van der Waals surface area contributed by atoms with Gasteiger partial charge >= 0.3 is 6.01 Å². The van der Waals surface area contributed by atoms with Crippen LogP contribution in [-0.2, 0) is 21.4 Å². The number of rotatable bonds is 11. The molecule has 1 N–H and O–H groups in total. The van der Waals surface area contributed by atoms with Crippen LogP contribution in [-0.4, -0.2) is 99.0 Å². The number of fused-ring (bicyclic) bond motifs is 5. The minimum atomic E-state index is -3.85. The summed E-state index contributed by atoms with van der Waals surface area (Å²) >= 11 is 0. The maximum atomic E-state index is 17.1. The van der Waals surface area contributed by atoms with Gasteiger partial charge < -0.3 is 19.7 Å². The molecule has 0 amide bonds. The molecule has 16 heteroatoms. The van der Waals surface area contributed by atoms with Crippen molar-refractivity contribution in [3.8, 4) is 29.6 Å². The smallest absolute Gasteiger partial charge is 0.319 e. The number of terminal acetylenes is 1. The van der Waals surface area contributed by atoms with E-state index in [1.807, 2.05) is 6.07 Å². The zero-order valence-corrected chi connectivity index (χ0v) is 34.1. The van der Waals surface area contributed by atoms with Crippen LogP contribution < -0.4 is 15.0 Å². The quantitative estimate of drug-likeness (QED) is 0.154. The van der Waals surface area contributed by atoms with Gasteiger partial charge in [-0.2, -0.15) is 18.4 Å². The lowest BCUT2D eigenvalue weighted by atomic mass is 9.94. The highest BCUT2D eigenvalue weighted by Gasteiger charge is 2.49. The molecule has 1 saturated carbocycles. The molecule has 5 aliphatic rings. The maximum Gasteiger partial charge on any atom is 0.319 e. The van der Waals surface area contributed by atoms with Crippen molar-refractivity contribution in [2.45, 2.75) is 86.1 Å². The van der Waals surface area contributed by atoms with Gasteiger partial charge in [-0.1, -0.05) is 42.3 Å². The average Bonchev–Trinajstić information content (AvgIpc) is 3.53. The summed E-state index contributed by atoms with van der Waals surface area (Å²) in [5.74, 6) is 2.63. The predicted octanol–water partition coefficient (Wildman–Crippen LogP) is 5.95. The molecule has 13 nitrogen and oxygen atoms in total. The summed E-state index contributed by atoms with van der Waals surface area (Å²) < 4.78 is 72.4. The van der Waals surface area contributed by atoms with E-state index in [0.717, 1.165) is 54.7 Å². The Bertz CT molecular complexity index is 2850. The van der Waals surface area contributed by atoms with E-state index >= 15 is 4.39 Å². The largest absolute Gasteiger partial charge is 0.461 e. The molecule has 4 aliphatic heterocycles. The van der Waals surface area contributed by atoms with Crippen molar-refractivity contribution in [2.75, 3.05) is 37.7 Å². The Labute approximate surface area is 351 Å². The van der Waals surface area contributed by atoms with E-state index in [9.17, 15) is 12.8 Å². The zero-order valence-electron chi connectivity index (χ0n) is 33.3. The van der Waals surface area contributed by atoms with E-state index in [1.54, 1.807) is 48.7 Å². The fraction of sp³-hybridized carbons (Fsp3) is 0.400. The van der Waals surface area contributed by atoms with E-state index in [4.69, 9.17) is 25.9 Å². The minimum absolute atomic E-state index is 0.0152. The number of hydrogen-bond acceptors (Lipinski definition) is 12. The molecule has 61 heavy (non-hydrogen) atoms. The van der Waals surface area contributed by atoms with Crippen molar-refractivity contribution in [1.29, 1.82) is 0 Å². The van der Waals surface area contributed by atoms with Crippen molar-refractivity contribution in [3.05, 3.63) is 95.7 Å². The van der Waals surface area contributed by atoms with Gasteiger partial charge in [-0.05, 0) is 80.6 Å². The van der Waals surface area contributed by atoms with Gasteiger partial charge in [0.15, 0.2) is 11.6 Å². The topological polar surface area (TPSA) is 140 Å². The van der Waals surface area contributed by atoms with Gasteiger partial charge in [-0.15, -0.1) is 15.6 Å². The summed E-state index contributed by atoms with van der Waals surface area (Å²) in [7, 11) is -3.85. The number of piperazine rings is 1. The molecular weight excluding hydrogens is 801 g/mol. The molecule has 1 aliphatic carbocycles. The summed E-state index contributed by atoms with van der Waals surface area (Å²) in [4.78, 5) is 23.2. The number of halogens is 2. The van der Waals surface area contributed by atoms with Crippen LogP contribution in [0.15, 0.2) is 72.0 Å². The van der Waals surface area contributed by atoms with Crippen molar-refractivity contribution in [3.63, 3.8) is 0 Å². The molecule has 4 atom stereocenters. The first-order valence-corrected chi connectivity index (χ1v) is 22.4. The molecule has 0 unspecified atom stereocenters. The van der Waals surface area contributed by atoms with Gasteiger partial charge in [0.2, 0.25) is 0 Å². The number of nitrogens with zero attached hydrogens (tertiary/aromatic N) is 8. The lowest BCUT2D eigenvalue weighted by Gasteiger charge is -2.34. The second-order valence-corrected chi connectivity index (χ2v) is 18.9. The molecule has 0 spiro atoms. The first-order chi connectivity index (χ1) is 29.7. The number of ether oxygens (including phenoxy) is 2. The number of pyridine rings is 1. The highest BCUT2D eigenvalue weighted by Crippen LogP contribution is 2.42. The lowest BCUT2D eigenvalue weighted by molar-refractivity contribution is 0.0440. The third kappa shape index (κ3) is 6.78. The van der Waals surface area contributed by atoms with Gasteiger partial charge in [0.25, 0.3) is 10.0 Å². The van der Waals surface area contributed by atoms with Gasteiger partial charge in [-0.25, -0.2) is 13.8 Å². The van der Waals surface area contributed by atoms with E-state index in [1.165, 1.54) is 12.4 Å². The number of nitrogens with one attached hydrogen (secondary N) is 1. The van der Waals surface area contributed by atoms with Gasteiger partial charge in [0.05, 0.1) is 34.1 Å². The normalized spacial score (nSPS) is 23.8. The zero-order chi connectivity index (χ0) is 41.5. The van der Waals surface area contributed by atoms with Crippen molar-refractivity contribution in [1.82, 2.24) is 39.3 Å². The van der Waals surface area contributed by atoms with Crippen LogP contribution in [0.5, 0.6) is 6.01 Å². The highest BCUT2D eigenvalue weighted by atomic mass is 32.2.